The summed E-state index contributed by atoms with van der Waals surface area (Å²) in [6, 6.07) is 9.50. The van der Waals surface area contributed by atoms with Crippen LogP contribution in [0.5, 0.6) is 0 Å². The van der Waals surface area contributed by atoms with Gasteiger partial charge in [-0.25, -0.2) is 0 Å². The molecule has 0 aliphatic rings. The molecule has 0 aliphatic heterocycles. The molecule has 0 aliphatic carbocycles. The lowest BCUT2D eigenvalue weighted by Gasteiger charge is -2.24. The van der Waals surface area contributed by atoms with E-state index >= 15 is 0 Å². The highest BCUT2D eigenvalue weighted by atomic mass is 35.5. The number of benzene rings is 1. The molecule has 2 aromatic rings. The molecule has 0 saturated heterocycles. The number of hydrogen-bond donors (Lipinski definition) is 1. The van der Waals surface area contributed by atoms with E-state index in [-0.39, 0.29) is 11.3 Å². The second-order valence-corrected chi connectivity index (χ2v) is 6.40. The number of fused-ring (bicyclic) bond motifs is 1. The van der Waals surface area contributed by atoms with Crippen molar-refractivity contribution in [3.8, 4) is 0 Å². The lowest BCUT2D eigenvalue weighted by molar-refractivity contribution is 0.0936. The smallest absolute Gasteiger partial charge is 0.253 e. The predicted octanol–water partition coefficient (Wildman–Crippen LogP) is 4.01. The van der Waals surface area contributed by atoms with Gasteiger partial charge in [-0.3, -0.25) is 9.78 Å². The molecule has 0 spiro atoms. The van der Waals surface area contributed by atoms with Gasteiger partial charge in [-0.05, 0) is 30.4 Å². The van der Waals surface area contributed by atoms with E-state index in [4.69, 9.17) is 11.6 Å². The van der Waals surface area contributed by atoms with Crippen molar-refractivity contribution in [1.29, 1.82) is 0 Å². The Morgan fingerprint density at radius 2 is 2.05 bits per heavy atom. The highest BCUT2D eigenvalue weighted by Gasteiger charge is 2.19. The summed E-state index contributed by atoms with van der Waals surface area (Å²) in [4.78, 5) is 16.7. The summed E-state index contributed by atoms with van der Waals surface area (Å²) in [7, 11) is 0. The van der Waals surface area contributed by atoms with Gasteiger partial charge in [-0.15, -0.1) is 11.6 Å². The van der Waals surface area contributed by atoms with Crippen LogP contribution in [0.15, 0.2) is 36.5 Å². The van der Waals surface area contributed by atoms with Crippen LogP contribution in [0.25, 0.3) is 10.9 Å². The maximum absolute atomic E-state index is 12.4. The van der Waals surface area contributed by atoms with Crippen molar-refractivity contribution < 1.29 is 4.79 Å². The van der Waals surface area contributed by atoms with Crippen molar-refractivity contribution in [2.75, 3.05) is 12.4 Å². The van der Waals surface area contributed by atoms with Crippen LogP contribution >= 0.6 is 11.6 Å². The Morgan fingerprint density at radius 1 is 1.29 bits per heavy atom. The van der Waals surface area contributed by atoms with E-state index in [9.17, 15) is 4.79 Å². The molecule has 1 aromatic heterocycles. The van der Waals surface area contributed by atoms with E-state index < -0.39 is 0 Å². The van der Waals surface area contributed by atoms with Crippen LogP contribution in [0.2, 0.25) is 0 Å². The quantitative estimate of drug-likeness (QED) is 0.819. The van der Waals surface area contributed by atoms with E-state index in [0.29, 0.717) is 18.0 Å². The molecule has 21 heavy (non-hydrogen) atoms. The molecule has 2 rings (SSSR count). The standard InChI is InChI=1S/C17H21ClN2O/c1-17(2,9-5-10-18)12-20-16(21)14-8-3-6-13-7-4-11-19-15(13)14/h3-4,6-8,11H,5,9-10,12H2,1-2H3,(H,20,21). The number of carbonyl (C=O) groups is 1. The zero-order valence-electron chi connectivity index (χ0n) is 12.5. The third kappa shape index (κ3) is 4.18. The van der Waals surface area contributed by atoms with Crippen LogP contribution in [0, 0.1) is 5.41 Å². The minimum absolute atomic E-state index is 0.0442. The minimum atomic E-state index is -0.0711. The number of nitrogens with one attached hydrogen (secondary N) is 1. The summed E-state index contributed by atoms with van der Waals surface area (Å²) in [6.45, 7) is 4.91. The average Bonchev–Trinajstić information content (AvgIpc) is 2.50. The fourth-order valence-corrected chi connectivity index (χ4v) is 2.47. The first-order valence-corrected chi connectivity index (χ1v) is 7.75. The van der Waals surface area contributed by atoms with E-state index in [1.165, 1.54) is 0 Å². The van der Waals surface area contributed by atoms with Crippen LogP contribution in [0.3, 0.4) is 0 Å². The van der Waals surface area contributed by atoms with Crippen molar-refractivity contribution in [3.63, 3.8) is 0 Å². The molecule has 0 radical (unpaired) electrons. The first-order valence-electron chi connectivity index (χ1n) is 7.21. The van der Waals surface area contributed by atoms with Gasteiger partial charge in [0.15, 0.2) is 0 Å². The zero-order valence-corrected chi connectivity index (χ0v) is 13.3. The Hall–Kier alpha value is -1.61. The third-order valence-corrected chi connectivity index (χ3v) is 3.86. The molecule has 112 valence electrons. The Kier molecular flexibility index (Phi) is 5.18. The molecule has 0 atom stereocenters. The summed E-state index contributed by atoms with van der Waals surface area (Å²) in [5, 5.41) is 4.00. The molecule has 1 N–H and O–H groups in total. The fraction of sp³-hybridized carbons (Fsp3) is 0.412. The summed E-state index contributed by atoms with van der Waals surface area (Å²) in [5.41, 5.74) is 1.42. The molecular weight excluding hydrogens is 284 g/mol. The van der Waals surface area contributed by atoms with Crippen molar-refractivity contribution in [3.05, 3.63) is 42.1 Å². The molecule has 0 fully saturated rings. The van der Waals surface area contributed by atoms with E-state index in [1.807, 2.05) is 30.3 Å². The van der Waals surface area contributed by atoms with E-state index in [1.54, 1.807) is 6.20 Å². The summed E-state index contributed by atoms with van der Waals surface area (Å²) >= 11 is 5.74. The van der Waals surface area contributed by atoms with Gasteiger partial charge < -0.3 is 5.32 Å². The highest BCUT2D eigenvalue weighted by Crippen LogP contribution is 2.22. The Balaban J connectivity index is 2.09. The van der Waals surface area contributed by atoms with Gasteiger partial charge in [0.2, 0.25) is 0 Å². The first-order chi connectivity index (χ1) is 10.0. The monoisotopic (exact) mass is 304 g/mol. The van der Waals surface area contributed by atoms with Crippen LogP contribution in [-0.4, -0.2) is 23.3 Å². The van der Waals surface area contributed by atoms with Gasteiger partial charge in [0.25, 0.3) is 5.91 Å². The molecule has 3 nitrogen and oxygen atoms in total. The number of aromatic nitrogens is 1. The predicted molar refractivity (Wildman–Crippen MR) is 87.8 cm³/mol. The molecule has 1 amide bonds. The minimum Gasteiger partial charge on any atom is -0.351 e. The zero-order chi connectivity index (χ0) is 15.3. The number of amides is 1. The van der Waals surface area contributed by atoms with Crippen LogP contribution in [0.1, 0.15) is 37.0 Å². The van der Waals surface area contributed by atoms with Gasteiger partial charge in [-0.2, -0.15) is 0 Å². The number of alkyl halides is 1. The van der Waals surface area contributed by atoms with E-state index in [2.05, 4.69) is 24.1 Å². The summed E-state index contributed by atoms with van der Waals surface area (Å²) in [5.74, 6) is 0.586. The Bertz CT molecular complexity index is 620. The van der Waals surface area contributed by atoms with Crippen molar-refractivity contribution in [2.45, 2.75) is 26.7 Å². The second kappa shape index (κ2) is 6.90. The van der Waals surface area contributed by atoms with Gasteiger partial charge in [0.05, 0.1) is 11.1 Å². The number of nitrogens with zero attached hydrogens (tertiary/aromatic N) is 1. The first kappa shape index (κ1) is 15.8. The van der Waals surface area contributed by atoms with Gasteiger partial charge in [0, 0.05) is 24.0 Å². The number of pyridine rings is 1. The number of para-hydroxylation sites is 1. The van der Waals surface area contributed by atoms with Crippen LogP contribution < -0.4 is 5.32 Å². The number of carbonyl (C=O) groups excluding carboxylic acids is 1. The topological polar surface area (TPSA) is 42.0 Å². The van der Waals surface area contributed by atoms with Crippen molar-refractivity contribution in [2.24, 2.45) is 5.41 Å². The van der Waals surface area contributed by atoms with Crippen LogP contribution in [-0.2, 0) is 0 Å². The molecule has 0 unspecified atom stereocenters. The maximum Gasteiger partial charge on any atom is 0.253 e. The van der Waals surface area contributed by atoms with E-state index in [0.717, 1.165) is 23.7 Å². The molecule has 4 heteroatoms. The molecule has 0 saturated carbocycles. The largest absolute Gasteiger partial charge is 0.351 e. The lowest BCUT2D eigenvalue weighted by atomic mass is 9.88. The highest BCUT2D eigenvalue weighted by molar-refractivity contribution is 6.17. The Labute approximate surface area is 130 Å². The molecule has 1 aromatic carbocycles. The Morgan fingerprint density at radius 3 is 2.81 bits per heavy atom. The molecular formula is C17H21ClN2O. The maximum atomic E-state index is 12.4. The van der Waals surface area contributed by atoms with Gasteiger partial charge in [-0.1, -0.05) is 32.0 Å². The lowest BCUT2D eigenvalue weighted by Crippen LogP contribution is -2.34. The summed E-state index contributed by atoms with van der Waals surface area (Å²) < 4.78 is 0. The molecule has 1 heterocycles. The van der Waals surface area contributed by atoms with Crippen molar-refractivity contribution in [1.82, 2.24) is 10.3 Å². The van der Waals surface area contributed by atoms with Crippen molar-refractivity contribution >= 4 is 28.4 Å². The van der Waals surface area contributed by atoms with Gasteiger partial charge >= 0.3 is 0 Å². The number of rotatable bonds is 6. The number of hydrogen-bond acceptors (Lipinski definition) is 2. The molecule has 0 bridgehead atoms. The normalized spacial score (nSPS) is 11.6. The SMILES string of the molecule is CC(C)(CCCCl)CNC(=O)c1cccc2cccnc12. The average molecular weight is 305 g/mol. The number of halogens is 1. The van der Waals surface area contributed by atoms with Gasteiger partial charge in [0.1, 0.15) is 0 Å². The summed E-state index contributed by atoms with van der Waals surface area (Å²) in [6.07, 6.45) is 3.66. The third-order valence-electron chi connectivity index (χ3n) is 3.59. The second-order valence-electron chi connectivity index (χ2n) is 6.02. The fourth-order valence-electron chi connectivity index (χ4n) is 2.34. The van der Waals surface area contributed by atoms with Crippen LogP contribution in [0.4, 0.5) is 0 Å².